The third-order valence-corrected chi connectivity index (χ3v) is 7.10. The second kappa shape index (κ2) is 5.04. The quantitative estimate of drug-likeness (QED) is 0.768. The van der Waals surface area contributed by atoms with E-state index in [4.69, 9.17) is 0 Å². The van der Waals surface area contributed by atoms with E-state index in [2.05, 4.69) is 34.8 Å². The molecule has 0 atom stereocenters. The van der Waals surface area contributed by atoms with E-state index >= 15 is 0 Å². The van der Waals surface area contributed by atoms with Crippen LogP contribution in [-0.4, -0.2) is 34.4 Å². The zero-order valence-electron chi connectivity index (χ0n) is 12.2. The second-order valence-electron chi connectivity index (χ2n) is 6.43. The summed E-state index contributed by atoms with van der Waals surface area (Å²) in [5, 5.41) is 9.43. The van der Waals surface area contributed by atoms with Gasteiger partial charge in [0.15, 0.2) is 0 Å². The summed E-state index contributed by atoms with van der Waals surface area (Å²) in [7, 11) is 0. The van der Waals surface area contributed by atoms with Gasteiger partial charge in [0, 0.05) is 0 Å². The van der Waals surface area contributed by atoms with Crippen molar-refractivity contribution in [2.45, 2.75) is 40.0 Å². The Balaban J connectivity index is 2.21. The van der Waals surface area contributed by atoms with Gasteiger partial charge in [-0.15, -0.1) is 0 Å². The van der Waals surface area contributed by atoms with Crippen LogP contribution in [0.4, 0.5) is 0 Å². The number of nitriles is 1. The molecule has 1 aromatic rings. The van der Waals surface area contributed by atoms with Crippen LogP contribution in [0.1, 0.15) is 49.6 Å². The summed E-state index contributed by atoms with van der Waals surface area (Å²) in [6, 6.07) is 2.33. The molecule has 2 aliphatic rings. The number of hydrogen-bond acceptors (Lipinski definition) is 3. The minimum absolute atomic E-state index is 0.316. The molecule has 99 valence electrons. The fourth-order valence-corrected chi connectivity index (χ4v) is 5.37. The van der Waals surface area contributed by atoms with Gasteiger partial charge in [0.1, 0.15) is 0 Å². The van der Waals surface area contributed by atoms with Crippen molar-refractivity contribution in [2.75, 3.05) is 0 Å². The third-order valence-electron chi connectivity index (χ3n) is 4.25. The Labute approximate surface area is 131 Å². The van der Waals surface area contributed by atoms with Crippen molar-refractivity contribution in [1.82, 2.24) is 4.98 Å². The molecule has 3 rings (SSSR count). The van der Waals surface area contributed by atoms with E-state index in [1.54, 1.807) is 6.20 Å². The molecule has 0 aromatic carbocycles. The van der Waals surface area contributed by atoms with Crippen molar-refractivity contribution in [3.63, 3.8) is 0 Å². The zero-order chi connectivity index (χ0) is 14.3. The van der Waals surface area contributed by atoms with Crippen molar-refractivity contribution in [1.29, 1.82) is 5.26 Å². The number of pyridine rings is 1. The average molecular weight is 366 g/mol. The number of hydrogen-bond donors (Lipinski definition) is 0. The maximum absolute atomic E-state index is 9.43. The molecule has 0 unspecified atom stereocenters. The topological polar surface area (TPSA) is 49.0 Å². The average Bonchev–Trinajstić information content (AvgIpc) is 2.82. The van der Waals surface area contributed by atoms with Crippen LogP contribution < -0.4 is 0 Å². The van der Waals surface area contributed by atoms with Crippen molar-refractivity contribution >= 4 is 35.0 Å². The number of rotatable bonds is 1. The van der Waals surface area contributed by atoms with Crippen LogP contribution in [-0.2, 0) is 12.8 Å². The van der Waals surface area contributed by atoms with Gasteiger partial charge < -0.3 is 0 Å². The van der Waals surface area contributed by atoms with Crippen molar-refractivity contribution in [3.05, 3.63) is 31.9 Å². The predicted molar refractivity (Wildman–Crippen MR) is 81.6 cm³/mol. The third kappa shape index (κ3) is 2.33. The van der Waals surface area contributed by atoms with Gasteiger partial charge in [-0.3, -0.25) is 0 Å². The van der Waals surface area contributed by atoms with Gasteiger partial charge in [-0.1, -0.05) is 0 Å². The molecule has 0 saturated carbocycles. The van der Waals surface area contributed by atoms with E-state index in [1.807, 2.05) is 6.21 Å². The predicted octanol–water partition coefficient (Wildman–Crippen LogP) is 2.90. The number of nitrogens with zero attached hydrogens (tertiary/aromatic N) is 3. The molecule has 2 heterocycles. The van der Waals surface area contributed by atoms with Gasteiger partial charge in [-0.05, 0) is 0 Å². The Morgan fingerprint density at radius 3 is 2.85 bits per heavy atom. The standard InChI is InChI=1S/C16H17N3.In/c1-4-11(8-17)15-12(9-18)10-19-14-7-16(2,3)6-5-13(14)15;/h8,10H,5-7H2,1-3H3;/q-1;+1. The minimum atomic E-state index is -0.926. The van der Waals surface area contributed by atoms with Crippen molar-refractivity contribution in [2.24, 2.45) is 8.40 Å². The van der Waals surface area contributed by atoms with Gasteiger partial charge in [-0.25, -0.2) is 0 Å². The number of allylic oxidation sites excluding steroid dienone is 2. The summed E-state index contributed by atoms with van der Waals surface area (Å²) in [5.41, 5.74) is 5.88. The molecule has 0 amide bonds. The van der Waals surface area contributed by atoms with Gasteiger partial charge in [0.25, 0.3) is 0 Å². The fraction of sp³-hybridized carbons (Fsp3) is 0.438. The summed E-state index contributed by atoms with van der Waals surface area (Å²) in [6.45, 7) is 6.78. The van der Waals surface area contributed by atoms with Crippen LogP contribution in [0.2, 0.25) is 0 Å². The van der Waals surface area contributed by atoms with Gasteiger partial charge in [-0.2, -0.15) is 0 Å². The number of aromatic nitrogens is 1. The Morgan fingerprint density at radius 1 is 1.40 bits per heavy atom. The molecular formula is C16H17InN3. The molecule has 0 N–H and O–H groups in total. The van der Waals surface area contributed by atoms with Crippen molar-refractivity contribution in [3.8, 4) is 6.07 Å². The number of fused-ring (bicyclic) bond motifs is 1. The van der Waals surface area contributed by atoms with Crippen LogP contribution >= 0.6 is 0 Å². The van der Waals surface area contributed by atoms with E-state index in [-0.39, 0.29) is 0 Å². The van der Waals surface area contributed by atoms with Gasteiger partial charge >= 0.3 is 132 Å². The molecule has 3 nitrogen and oxygen atoms in total. The summed E-state index contributed by atoms with van der Waals surface area (Å²) in [6.07, 6.45) is 6.96. The van der Waals surface area contributed by atoms with E-state index in [9.17, 15) is 5.26 Å². The molecule has 0 saturated heterocycles. The normalized spacial score (nSPS) is 19.5. The van der Waals surface area contributed by atoms with E-state index in [1.165, 1.54) is 20.2 Å². The Kier molecular flexibility index (Phi) is 3.50. The molecule has 1 aromatic heterocycles. The zero-order valence-corrected chi connectivity index (χ0v) is 15.5. The Hall–Kier alpha value is -1.08. The van der Waals surface area contributed by atoms with E-state index in [0.717, 1.165) is 24.8 Å². The molecule has 1 aliphatic heterocycles. The van der Waals surface area contributed by atoms with Crippen LogP contribution in [0.25, 0.3) is 5.57 Å². The molecule has 0 bridgehead atoms. The molecule has 1 radical (unpaired) electrons. The molecular weight excluding hydrogens is 349 g/mol. The second-order valence-corrected chi connectivity index (χ2v) is 10.5. The molecule has 0 fully saturated rings. The summed E-state index contributed by atoms with van der Waals surface area (Å²) < 4.78 is 5.98. The Bertz CT molecular complexity index is 678. The SMILES string of the molecule is C[C]1=C(c2c(C#N)cnc3c2CCC(C)(C)C3)C=[N][In]1. The fourth-order valence-electron chi connectivity index (χ4n) is 3.07. The summed E-state index contributed by atoms with van der Waals surface area (Å²) >= 11 is -0.926. The Morgan fingerprint density at radius 2 is 2.20 bits per heavy atom. The first kappa shape index (κ1) is 13.9. The van der Waals surface area contributed by atoms with Crippen LogP contribution in [0.3, 0.4) is 0 Å². The first-order chi connectivity index (χ1) is 9.52. The first-order valence-electron chi connectivity index (χ1n) is 7.00. The maximum atomic E-state index is 9.43. The molecule has 1 aliphatic carbocycles. The van der Waals surface area contributed by atoms with Crippen LogP contribution in [0, 0.1) is 16.7 Å². The van der Waals surface area contributed by atoms with Crippen LogP contribution in [0.5, 0.6) is 0 Å². The molecule has 0 spiro atoms. The molecule has 4 heteroatoms. The summed E-state index contributed by atoms with van der Waals surface area (Å²) in [4.78, 5) is 4.57. The molecule has 20 heavy (non-hydrogen) atoms. The van der Waals surface area contributed by atoms with Gasteiger partial charge in [0.05, 0.1) is 0 Å². The summed E-state index contributed by atoms with van der Waals surface area (Å²) in [5.74, 6) is 0. The van der Waals surface area contributed by atoms with Crippen molar-refractivity contribution < 1.29 is 0 Å². The van der Waals surface area contributed by atoms with Crippen LogP contribution in [0.15, 0.2) is 12.5 Å². The van der Waals surface area contributed by atoms with Gasteiger partial charge in [0.2, 0.25) is 0 Å². The van der Waals surface area contributed by atoms with E-state index in [0.29, 0.717) is 11.0 Å². The van der Waals surface area contributed by atoms with E-state index < -0.39 is 23.2 Å². The first-order valence-corrected chi connectivity index (χ1v) is 10.1. The monoisotopic (exact) mass is 366 g/mol.